The Morgan fingerprint density at radius 1 is 1.17 bits per heavy atom. The molecular weight excluding hydrogens is 338 g/mol. The second kappa shape index (κ2) is 6.93. The normalized spacial score (nSPS) is 11.0. The van der Waals surface area contributed by atoms with Gasteiger partial charge < -0.3 is 10.1 Å². The van der Waals surface area contributed by atoms with Gasteiger partial charge in [0.1, 0.15) is 5.00 Å². The van der Waals surface area contributed by atoms with Crippen molar-refractivity contribution in [1.29, 1.82) is 0 Å². The predicted octanol–water partition coefficient (Wildman–Crippen LogP) is 2.58. The van der Waals surface area contributed by atoms with Crippen LogP contribution in [0, 0.1) is 0 Å². The van der Waals surface area contributed by atoms with Gasteiger partial charge in [-0.05, 0) is 23.6 Å². The van der Waals surface area contributed by atoms with Crippen LogP contribution in [0.1, 0.15) is 27.6 Å². The Labute approximate surface area is 138 Å². The summed E-state index contributed by atoms with van der Waals surface area (Å²) >= 11 is 1.15. The second-order valence-corrected chi connectivity index (χ2v) is 7.67. The Balaban J connectivity index is 2.37. The molecule has 0 radical (unpaired) electrons. The van der Waals surface area contributed by atoms with Gasteiger partial charge in [0.25, 0.3) is 5.91 Å². The van der Waals surface area contributed by atoms with Crippen LogP contribution in [-0.2, 0) is 14.6 Å². The van der Waals surface area contributed by atoms with Crippen LogP contribution in [0.15, 0.2) is 40.6 Å². The van der Waals surface area contributed by atoms with Crippen molar-refractivity contribution in [3.63, 3.8) is 0 Å². The highest BCUT2D eigenvalue weighted by Crippen LogP contribution is 2.26. The highest BCUT2D eigenvalue weighted by Gasteiger charge is 2.22. The lowest BCUT2D eigenvalue weighted by molar-refractivity contribution is 0.0602. The lowest BCUT2D eigenvalue weighted by atomic mass is 10.2. The molecule has 0 aliphatic carbocycles. The molecule has 1 heterocycles. The third-order valence-electron chi connectivity index (χ3n) is 3.14. The summed E-state index contributed by atoms with van der Waals surface area (Å²) in [4.78, 5) is 24.0. The van der Waals surface area contributed by atoms with Gasteiger partial charge in [-0.1, -0.05) is 19.1 Å². The summed E-state index contributed by atoms with van der Waals surface area (Å²) in [5.74, 6) is -1.27. The van der Waals surface area contributed by atoms with Crippen molar-refractivity contribution in [2.45, 2.75) is 11.8 Å². The van der Waals surface area contributed by atoms with Crippen LogP contribution in [0.25, 0.3) is 0 Å². The van der Waals surface area contributed by atoms with Gasteiger partial charge in [0.15, 0.2) is 9.84 Å². The van der Waals surface area contributed by atoms with Gasteiger partial charge >= 0.3 is 5.97 Å². The van der Waals surface area contributed by atoms with Gasteiger partial charge in [-0.15, -0.1) is 11.3 Å². The molecule has 0 aliphatic heterocycles. The maximum absolute atomic E-state index is 12.4. The zero-order valence-corrected chi connectivity index (χ0v) is 14.2. The molecule has 2 rings (SSSR count). The molecular formula is C15H15NO5S2. The minimum atomic E-state index is -3.53. The van der Waals surface area contributed by atoms with Crippen molar-refractivity contribution in [2.24, 2.45) is 0 Å². The number of carbonyl (C=O) groups excluding carboxylic acids is 2. The summed E-state index contributed by atoms with van der Waals surface area (Å²) in [6.45, 7) is 1.51. The number of hydrogen-bond acceptors (Lipinski definition) is 6. The van der Waals surface area contributed by atoms with Crippen molar-refractivity contribution < 1.29 is 22.7 Å². The summed E-state index contributed by atoms with van der Waals surface area (Å²) in [5.41, 5.74) is 0.264. The van der Waals surface area contributed by atoms with E-state index in [1.54, 1.807) is 17.5 Å². The molecule has 122 valence electrons. The number of hydrogen-bond donors (Lipinski definition) is 1. The molecule has 1 amide bonds. The summed E-state index contributed by atoms with van der Waals surface area (Å²) in [7, 11) is -2.29. The van der Waals surface area contributed by atoms with E-state index < -0.39 is 21.7 Å². The first kappa shape index (κ1) is 17.2. The Kier molecular flexibility index (Phi) is 5.17. The monoisotopic (exact) mass is 353 g/mol. The van der Waals surface area contributed by atoms with Gasteiger partial charge in [-0.25, -0.2) is 13.2 Å². The quantitative estimate of drug-likeness (QED) is 0.835. The Morgan fingerprint density at radius 3 is 2.52 bits per heavy atom. The van der Waals surface area contributed by atoms with Gasteiger partial charge in [0.05, 0.1) is 28.9 Å². The summed E-state index contributed by atoms with van der Waals surface area (Å²) in [6.07, 6.45) is 0. The first-order chi connectivity index (χ1) is 10.9. The van der Waals surface area contributed by atoms with Crippen LogP contribution in [0.4, 0.5) is 5.00 Å². The third kappa shape index (κ3) is 3.59. The van der Waals surface area contributed by atoms with Crippen LogP contribution in [0.3, 0.4) is 0 Å². The molecule has 8 heteroatoms. The van der Waals surface area contributed by atoms with Crippen LogP contribution in [0.5, 0.6) is 0 Å². The zero-order valence-electron chi connectivity index (χ0n) is 12.5. The van der Waals surface area contributed by atoms with E-state index in [2.05, 4.69) is 10.1 Å². The van der Waals surface area contributed by atoms with E-state index in [9.17, 15) is 18.0 Å². The molecule has 6 nitrogen and oxygen atoms in total. The molecule has 0 spiro atoms. The number of benzene rings is 1. The second-order valence-electron chi connectivity index (χ2n) is 4.51. The highest BCUT2D eigenvalue weighted by molar-refractivity contribution is 7.91. The van der Waals surface area contributed by atoms with Crippen molar-refractivity contribution >= 4 is 38.1 Å². The van der Waals surface area contributed by atoms with Crippen molar-refractivity contribution in [1.82, 2.24) is 0 Å². The molecule has 0 atom stereocenters. The standard InChI is InChI=1S/C15H15NO5S2/c1-3-23(19,20)12-7-5-4-6-10(12)13(17)16-14-11(8-9-22-14)15(18)21-2/h4-9H,3H2,1-2H3,(H,16,17). The fraction of sp³-hybridized carbons (Fsp3) is 0.200. The maximum atomic E-state index is 12.4. The highest BCUT2D eigenvalue weighted by atomic mass is 32.2. The van der Waals surface area contributed by atoms with Crippen LogP contribution in [-0.4, -0.2) is 33.2 Å². The van der Waals surface area contributed by atoms with E-state index in [0.717, 1.165) is 11.3 Å². The SMILES string of the molecule is CCS(=O)(=O)c1ccccc1C(=O)Nc1sccc1C(=O)OC. The smallest absolute Gasteiger partial charge is 0.340 e. The number of ether oxygens (including phenoxy) is 1. The largest absolute Gasteiger partial charge is 0.465 e. The van der Waals surface area contributed by atoms with Gasteiger partial charge in [0, 0.05) is 0 Å². The molecule has 23 heavy (non-hydrogen) atoms. The number of amides is 1. The average Bonchev–Trinajstić information content (AvgIpc) is 3.02. The summed E-state index contributed by atoms with van der Waals surface area (Å²) < 4.78 is 28.8. The predicted molar refractivity (Wildman–Crippen MR) is 87.8 cm³/mol. The molecule has 0 fully saturated rings. The number of methoxy groups -OCH3 is 1. The van der Waals surface area contributed by atoms with Gasteiger partial charge in [-0.3, -0.25) is 4.79 Å². The lowest BCUT2D eigenvalue weighted by Crippen LogP contribution is -2.18. The van der Waals surface area contributed by atoms with Crippen LogP contribution >= 0.6 is 11.3 Å². The minimum absolute atomic E-state index is 0.0313. The maximum Gasteiger partial charge on any atom is 0.340 e. The molecule has 0 saturated heterocycles. The fourth-order valence-corrected chi connectivity index (χ4v) is 3.79. The molecule has 0 saturated carbocycles. The first-order valence-electron chi connectivity index (χ1n) is 6.69. The van der Waals surface area contributed by atoms with Crippen LogP contribution < -0.4 is 5.32 Å². The Morgan fingerprint density at radius 2 is 1.87 bits per heavy atom. The molecule has 2 aromatic rings. The number of thiophene rings is 1. The van der Waals surface area contributed by atoms with Gasteiger partial charge in [-0.2, -0.15) is 0 Å². The molecule has 0 unspecified atom stereocenters. The number of nitrogens with one attached hydrogen (secondary N) is 1. The molecule has 1 aromatic carbocycles. The van der Waals surface area contributed by atoms with Crippen molar-refractivity contribution in [3.8, 4) is 0 Å². The number of carbonyl (C=O) groups is 2. The van der Waals surface area contributed by atoms with E-state index in [0.29, 0.717) is 5.00 Å². The minimum Gasteiger partial charge on any atom is -0.465 e. The van der Waals surface area contributed by atoms with Crippen molar-refractivity contribution in [3.05, 3.63) is 46.8 Å². The van der Waals surface area contributed by atoms with Crippen molar-refractivity contribution in [2.75, 3.05) is 18.2 Å². The molecule has 0 aliphatic rings. The van der Waals surface area contributed by atoms with Crippen LogP contribution in [0.2, 0.25) is 0 Å². The van der Waals surface area contributed by atoms with E-state index >= 15 is 0 Å². The fourth-order valence-electron chi connectivity index (χ4n) is 1.93. The summed E-state index contributed by atoms with van der Waals surface area (Å²) in [6, 6.07) is 7.50. The topological polar surface area (TPSA) is 89.5 Å². The first-order valence-corrected chi connectivity index (χ1v) is 9.22. The third-order valence-corrected chi connectivity index (χ3v) is 5.76. The zero-order chi connectivity index (χ0) is 17.0. The number of esters is 1. The Bertz CT molecular complexity index is 839. The average molecular weight is 353 g/mol. The lowest BCUT2D eigenvalue weighted by Gasteiger charge is -2.10. The van der Waals surface area contributed by atoms with E-state index in [-0.39, 0.29) is 21.8 Å². The van der Waals surface area contributed by atoms with E-state index in [4.69, 9.17) is 0 Å². The van der Waals surface area contributed by atoms with Gasteiger partial charge in [0.2, 0.25) is 0 Å². The van der Waals surface area contributed by atoms with E-state index in [1.807, 2.05) is 0 Å². The Hall–Kier alpha value is -2.19. The number of anilines is 1. The molecule has 1 aromatic heterocycles. The molecule has 1 N–H and O–H groups in total. The number of rotatable bonds is 5. The molecule has 0 bridgehead atoms. The van der Waals surface area contributed by atoms with E-state index in [1.165, 1.54) is 32.2 Å². The summed E-state index contributed by atoms with van der Waals surface area (Å²) in [5, 5.41) is 4.52. The number of sulfone groups is 1.